The largest absolute Gasteiger partial charge is 0.409 e. The van der Waals surface area contributed by atoms with E-state index in [9.17, 15) is 0 Å². The van der Waals surface area contributed by atoms with E-state index < -0.39 is 0 Å². The smallest absolute Gasteiger partial charge is 0.142 e. The monoisotopic (exact) mass is 130 g/mol. The molecule has 0 saturated heterocycles. The van der Waals surface area contributed by atoms with E-state index in [1.165, 1.54) is 0 Å². The quantitative estimate of drug-likeness (QED) is 0.254. The van der Waals surface area contributed by atoms with Crippen LogP contribution >= 0.6 is 0 Å². The summed E-state index contributed by atoms with van der Waals surface area (Å²) >= 11 is 0. The Hall–Kier alpha value is -0.730. The molecule has 0 aliphatic heterocycles. The van der Waals surface area contributed by atoms with Crippen molar-refractivity contribution in [2.75, 3.05) is 0 Å². The Bertz CT molecular complexity index is 110. The Morgan fingerprint density at radius 2 is 1.89 bits per heavy atom. The second-order valence-electron chi connectivity index (χ2n) is 2.56. The van der Waals surface area contributed by atoms with Crippen LogP contribution in [0.1, 0.15) is 20.8 Å². The maximum absolute atomic E-state index is 8.22. The van der Waals surface area contributed by atoms with E-state index >= 15 is 0 Å². The molecule has 0 aliphatic carbocycles. The van der Waals surface area contributed by atoms with Gasteiger partial charge in [0.05, 0.1) is 0 Å². The van der Waals surface area contributed by atoms with E-state index in [-0.39, 0.29) is 5.92 Å². The Kier molecular flexibility index (Phi) is 3.06. The molecular weight excluding hydrogens is 116 g/mol. The highest BCUT2D eigenvalue weighted by Gasteiger charge is 2.10. The molecule has 0 saturated carbocycles. The summed E-state index contributed by atoms with van der Waals surface area (Å²) in [4.78, 5) is 0. The van der Waals surface area contributed by atoms with E-state index in [1.807, 2.05) is 20.8 Å². The maximum Gasteiger partial charge on any atom is 0.142 e. The summed E-state index contributed by atoms with van der Waals surface area (Å²) in [6.45, 7) is 5.99. The van der Waals surface area contributed by atoms with Gasteiger partial charge in [0.1, 0.15) is 5.84 Å². The summed E-state index contributed by atoms with van der Waals surface area (Å²) in [5.41, 5.74) is 5.32. The Morgan fingerprint density at radius 1 is 1.44 bits per heavy atom. The number of hydrogen-bond acceptors (Lipinski definition) is 2. The lowest BCUT2D eigenvalue weighted by Crippen LogP contribution is -2.25. The third kappa shape index (κ3) is 2.35. The first-order chi connectivity index (χ1) is 4.09. The van der Waals surface area contributed by atoms with E-state index in [0.29, 0.717) is 11.8 Å². The summed E-state index contributed by atoms with van der Waals surface area (Å²) in [6.07, 6.45) is 0. The van der Waals surface area contributed by atoms with Crippen molar-refractivity contribution in [3.05, 3.63) is 0 Å². The summed E-state index contributed by atoms with van der Waals surface area (Å²) in [7, 11) is 0. The number of nitrogens with zero attached hydrogens (tertiary/aromatic N) is 1. The summed E-state index contributed by atoms with van der Waals surface area (Å²) in [5.74, 6) is 0.904. The van der Waals surface area contributed by atoms with Crippen molar-refractivity contribution < 1.29 is 5.21 Å². The Balaban J connectivity index is 3.88. The second kappa shape index (κ2) is 3.33. The lowest BCUT2D eigenvalue weighted by atomic mass is 9.97. The molecule has 0 bridgehead atoms. The van der Waals surface area contributed by atoms with Crippen molar-refractivity contribution in [3.8, 4) is 0 Å². The normalized spacial score (nSPS) is 16.2. The first-order valence-corrected chi connectivity index (χ1v) is 3.07. The fraction of sp³-hybridized carbons (Fsp3) is 0.833. The minimum absolute atomic E-state index is 0.162. The fourth-order valence-corrected chi connectivity index (χ4v) is 0.433. The molecule has 54 valence electrons. The van der Waals surface area contributed by atoms with Crippen molar-refractivity contribution in [1.82, 2.24) is 0 Å². The molecule has 0 radical (unpaired) electrons. The van der Waals surface area contributed by atoms with Gasteiger partial charge in [0.25, 0.3) is 0 Å². The Morgan fingerprint density at radius 3 is 2.00 bits per heavy atom. The van der Waals surface area contributed by atoms with Crippen molar-refractivity contribution in [2.45, 2.75) is 20.8 Å². The zero-order valence-corrected chi connectivity index (χ0v) is 6.13. The van der Waals surface area contributed by atoms with Gasteiger partial charge in [-0.1, -0.05) is 25.9 Å². The minimum Gasteiger partial charge on any atom is -0.409 e. The van der Waals surface area contributed by atoms with Crippen LogP contribution in [0.15, 0.2) is 5.16 Å². The summed E-state index contributed by atoms with van der Waals surface area (Å²) in [5, 5.41) is 11.1. The molecule has 0 unspecified atom stereocenters. The number of nitrogens with two attached hydrogens (primary N) is 1. The van der Waals surface area contributed by atoms with Gasteiger partial charge in [-0.25, -0.2) is 0 Å². The van der Waals surface area contributed by atoms with Gasteiger partial charge in [-0.15, -0.1) is 0 Å². The molecule has 1 atom stereocenters. The lowest BCUT2D eigenvalue weighted by molar-refractivity contribution is 0.311. The molecular formula is C6H14N2O. The first kappa shape index (κ1) is 8.27. The van der Waals surface area contributed by atoms with Gasteiger partial charge in [-0.3, -0.25) is 0 Å². The number of oxime groups is 1. The highest BCUT2D eigenvalue weighted by Crippen LogP contribution is 2.08. The number of rotatable bonds is 2. The van der Waals surface area contributed by atoms with Crippen LogP contribution in [-0.4, -0.2) is 11.0 Å². The molecule has 0 rings (SSSR count). The van der Waals surface area contributed by atoms with Crippen LogP contribution in [0, 0.1) is 11.8 Å². The maximum atomic E-state index is 8.22. The molecule has 0 heterocycles. The SMILES string of the molecule is CC(C)[C@H](C)/C(N)=N/O. The predicted octanol–water partition coefficient (Wildman–Crippen LogP) is 1.02. The molecule has 0 spiro atoms. The average molecular weight is 130 g/mol. The van der Waals surface area contributed by atoms with Crippen molar-refractivity contribution >= 4 is 5.84 Å². The van der Waals surface area contributed by atoms with Crippen molar-refractivity contribution in [2.24, 2.45) is 22.7 Å². The van der Waals surface area contributed by atoms with Gasteiger partial charge < -0.3 is 10.9 Å². The van der Waals surface area contributed by atoms with Gasteiger partial charge in [-0.2, -0.15) is 0 Å². The van der Waals surface area contributed by atoms with E-state index in [0.717, 1.165) is 0 Å². The molecule has 0 aromatic heterocycles. The highest BCUT2D eigenvalue weighted by molar-refractivity contribution is 5.81. The molecule has 0 aliphatic rings. The molecule has 0 aromatic rings. The van der Waals surface area contributed by atoms with Gasteiger partial charge in [-0.05, 0) is 5.92 Å². The number of amidine groups is 1. The van der Waals surface area contributed by atoms with Crippen LogP contribution in [-0.2, 0) is 0 Å². The molecule has 9 heavy (non-hydrogen) atoms. The van der Waals surface area contributed by atoms with Crippen LogP contribution in [0.2, 0.25) is 0 Å². The zero-order chi connectivity index (χ0) is 7.44. The topological polar surface area (TPSA) is 58.6 Å². The van der Waals surface area contributed by atoms with Gasteiger partial charge >= 0.3 is 0 Å². The molecule has 0 fully saturated rings. The molecule has 0 aromatic carbocycles. The second-order valence-corrected chi connectivity index (χ2v) is 2.56. The third-order valence-electron chi connectivity index (χ3n) is 1.58. The van der Waals surface area contributed by atoms with Crippen molar-refractivity contribution in [1.29, 1.82) is 0 Å². The zero-order valence-electron chi connectivity index (χ0n) is 6.13. The minimum atomic E-state index is 0.162. The molecule has 3 N–H and O–H groups in total. The fourth-order valence-electron chi connectivity index (χ4n) is 0.433. The van der Waals surface area contributed by atoms with Gasteiger partial charge in [0.15, 0.2) is 0 Å². The summed E-state index contributed by atoms with van der Waals surface area (Å²) < 4.78 is 0. The van der Waals surface area contributed by atoms with Crippen molar-refractivity contribution in [3.63, 3.8) is 0 Å². The van der Waals surface area contributed by atoms with Gasteiger partial charge in [0.2, 0.25) is 0 Å². The Labute approximate surface area is 55.5 Å². The molecule has 3 heteroatoms. The highest BCUT2D eigenvalue weighted by atomic mass is 16.4. The predicted molar refractivity (Wildman–Crippen MR) is 37.4 cm³/mol. The van der Waals surface area contributed by atoms with Crippen LogP contribution in [0.5, 0.6) is 0 Å². The number of hydrogen-bond donors (Lipinski definition) is 2. The third-order valence-corrected chi connectivity index (χ3v) is 1.58. The molecule has 3 nitrogen and oxygen atoms in total. The van der Waals surface area contributed by atoms with Crippen LogP contribution in [0.4, 0.5) is 0 Å². The first-order valence-electron chi connectivity index (χ1n) is 3.07. The molecule has 0 amide bonds. The van der Waals surface area contributed by atoms with Crippen LogP contribution in [0.3, 0.4) is 0 Å². The van der Waals surface area contributed by atoms with Crippen LogP contribution < -0.4 is 5.73 Å². The van der Waals surface area contributed by atoms with E-state index in [1.54, 1.807) is 0 Å². The lowest BCUT2D eigenvalue weighted by Gasteiger charge is -2.12. The average Bonchev–Trinajstić information content (AvgIpc) is 1.84. The summed E-state index contributed by atoms with van der Waals surface area (Å²) in [6, 6.07) is 0. The van der Waals surface area contributed by atoms with Crippen LogP contribution in [0.25, 0.3) is 0 Å². The standard InChI is InChI=1S/C6H14N2O/c1-4(2)5(3)6(7)8-9/h4-5,9H,1-3H3,(H2,7,8)/t5-/m0/s1. The van der Waals surface area contributed by atoms with E-state index in [2.05, 4.69) is 5.16 Å². The van der Waals surface area contributed by atoms with Gasteiger partial charge in [0, 0.05) is 5.92 Å². The van der Waals surface area contributed by atoms with E-state index in [4.69, 9.17) is 10.9 Å².